The van der Waals surface area contributed by atoms with Gasteiger partial charge in [0, 0.05) is 12.5 Å². The zero-order valence-electron chi connectivity index (χ0n) is 10.4. The van der Waals surface area contributed by atoms with Crippen molar-refractivity contribution in [3.8, 4) is 0 Å². The first-order valence-corrected chi connectivity index (χ1v) is 6.10. The van der Waals surface area contributed by atoms with Crippen molar-refractivity contribution in [2.45, 2.75) is 46.4 Å². The van der Waals surface area contributed by atoms with Crippen LogP contribution in [0.4, 0.5) is 0 Å². The molecule has 2 nitrogen and oxygen atoms in total. The van der Waals surface area contributed by atoms with E-state index in [1.54, 1.807) is 0 Å². The van der Waals surface area contributed by atoms with Gasteiger partial charge in [0.15, 0.2) is 0 Å². The molecule has 1 aliphatic carbocycles. The van der Waals surface area contributed by atoms with Crippen LogP contribution in [-0.4, -0.2) is 17.8 Å². The van der Waals surface area contributed by atoms with Crippen LogP contribution in [0.3, 0.4) is 0 Å². The lowest BCUT2D eigenvalue weighted by atomic mass is 10.0. The predicted octanol–water partition coefficient (Wildman–Crippen LogP) is 2.80. The first kappa shape index (κ1) is 12.8. The van der Waals surface area contributed by atoms with Gasteiger partial charge in [0.2, 0.25) is 5.91 Å². The van der Waals surface area contributed by atoms with Crippen molar-refractivity contribution in [2.24, 2.45) is 16.7 Å². The molecule has 1 amide bonds. The second-order valence-electron chi connectivity index (χ2n) is 5.63. The van der Waals surface area contributed by atoms with Gasteiger partial charge in [0.05, 0.1) is 5.38 Å². The molecule has 0 spiro atoms. The Morgan fingerprint density at radius 2 is 1.80 bits per heavy atom. The molecule has 1 aliphatic rings. The van der Waals surface area contributed by atoms with Crippen LogP contribution in [0.25, 0.3) is 0 Å². The SMILES string of the molecule is CCC(Cl)CNC(=O)C1C(C)(C)C1(C)C. The molecule has 1 N–H and O–H groups in total. The van der Waals surface area contributed by atoms with Crippen molar-refractivity contribution in [2.75, 3.05) is 6.54 Å². The Morgan fingerprint density at radius 3 is 2.13 bits per heavy atom. The molecule has 3 heteroatoms. The summed E-state index contributed by atoms with van der Waals surface area (Å²) in [4.78, 5) is 11.9. The largest absolute Gasteiger partial charge is 0.354 e. The summed E-state index contributed by atoms with van der Waals surface area (Å²) in [6.45, 7) is 11.2. The van der Waals surface area contributed by atoms with E-state index in [1.807, 2.05) is 6.92 Å². The van der Waals surface area contributed by atoms with E-state index in [0.29, 0.717) is 6.54 Å². The average Bonchev–Trinajstić information content (AvgIpc) is 2.53. The fourth-order valence-corrected chi connectivity index (χ4v) is 2.39. The van der Waals surface area contributed by atoms with Crippen LogP contribution in [-0.2, 0) is 4.79 Å². The molecule has 0 aromatic carbocycles. The second-order valence-corrected chi connectivity index (χ2v) is 6.24. The monoisotopic (exact) mass is 231 g/mol. The van der Waals surface area contributed by atoms with Crippen molar-refractivity contribution in [3.05, 3.63) is 0 Å². The Labute approximate surface area is 97.8 Å². The molecule has 1 unspecified atom stereocenters. The molecule has 0 saturated heterocycles. The summed E-state index contributed by atoms with van der Waals surface area (Å²) in [5.74, 6) is 0.287. The summed E-state index contributed by atoms with van der Waals surface area (Å²) < 4.78 is 0. The normalized spacial score (nSPS) is 24.7. The highest BCUT2D eigenvalue weighted by molar-refractivity contribution is 6.20. The maximum Gasteiger partial charge on any atom is 0.224 e. The van der Waals surface area contributed by atoms with Gasteiger partial charge in [-0.15, -0.1) is 11.6 Å². The van der Waals surface area contributed by atoms with Crippen LogP contribution >= 0.6 is 11.6 Å². The van der Waals surface area contributed by atoms with Gasteiger partial charge in [0.1, 0.15) is 0 Å². The van der Waals surface area contributed by atoms with Gasteiger partial charge in [-0.25, -0.2) is 0 Å². The summed E-state index contributed by atoms with van der Waals surface area (Å²) in [6.07, 6.45) is 0.888. The molecule has 0 aliphatic heterocycles. The van der Waals surface area contributed by atoms with Crippen molar-refractivity contribution in [1.82, 2.24) is 5.32 Å². The zero-order valence-corrected chi connectivity index (χ0v) is 11.1. The quantitative estimate of drug-likeness (QED) is 0.741. The minimum atomic E-state index is 0.0546. The van der Waals surface area contributed by atoms with Gasteiger partial charge in [-0.2, -0.15) is 0 Å². The van der Waals surface area contributed by atoms with Gasteiger partial charge in [0.25, 0.3) is 0 Å². The molecule has 0 heterocycles. The van der Waals surface area contributed by atoms with E-state index in [4.69, 9.17) is 11.6 Å². The van der Waals surface area contributed by atoms with E-state index in [0.717, 1.165) is 6.42 Å². The number of hydrogen-bond acceptors (Lipinski definition) is 1. The lowest BCUT2D eigenvalue weighted by molar-refractivity contribution is -0.123. The van der Waals surface area contributed by atoms with Gasteiger partial charge < -0.3 is 5.32 Å². The van der Waals surface area contributed by atoms with Crippen molar-refractivity contribution in [3.63, 3.8) is 0 Å². The standard InChI is InChI=1S/C12H22ClNO/c1-6-8(13)7-14-10(15)9-11(2,3)12(9,4)5/h8-9H,6-7H2,1-5H3,(H,14,15). The molecular weight excluding hydrogens is 210 g/mol. The Hall–Kier alpha value is -0.240. The van der Waals surface area contributed by atoms with Crippen LogP contribution < -0.4 is 5.32 Å². The van der Waals surface area contributed by atoms with E-state index >= 15 is 0 Å². The van der Waals surface area contributed by atoms with E-state index in [2.05, 4.69) is 33.0 Å². The molecule has 1 rings (SSSR count). The summed E-state index contributed by atoms with van der Waals surface area (Å²) in [5.41, 5.74) is 0.232. The van der Waals surface area contributed by atoms with Crippen LogP contribution in [0.5, 0.6) is 0 Å². The molecular formula is C12H22ClNO. The molecule has 15 heavy (non-hydrogen) atoms. The number of alkyl halides is 1. The molecule has 0 aromatic heterocycles. The zero-order chi connectivity index (χ0) is 11.9. The Balaban J connectivity index is 2.45. The van der Waals surface area contributed by atoms with E-state index in [-0.39, 0.29) is 28.0 Å². The number of halogens is 1. The Bertz CT molecular complexity index is 246. The summed E-state index contributed by atoms with van der Waals surface area (Å²) in [6, 6.07) is 0. The molecule has 88 valence electrons. The number of amides is 1. The van der Waals surface area contributed by atoms with Crippen LogP contribution in [0, 0.1) is 16.7 Å². The van der Waals surface area contributed by atoms with Crippen LogP contribution in [0.15, 0.2) is 0 Å². The van der Waals surface area contributed by atoms with Crippen molar-refractivity contribution >= 4 is 17.5 Å². The number of rotatable bonds is 4. The topological polar surface area (TPSA) is 29.1 Å². The molecule has 0 aromatic rings. The molecule has 1 atom stereocenters. The number of hydrogen-bond donors (Lipinski definition) is 1. The van der Waals surface area contributed by atoms with E-state index in [1.165, 1.54) is 0 Å². The first-order valence-electron chi connectivity index (χ1n) is 5.67. The molecule has 0 radical (unpaired) electrons. The minimum Gasteiger partial charge on any atom is -0.354 e. The predicted molar refractivity (Wildman–Crippen MR) is 64.0 cm³/mol. The highest BCUT2D eigenvalue weighted by Gasteiger charge is 2.68. The highest BCUT2D eigenvalue weighted by atomic mass is 35.5. The fourth-order valence-electron chi connectivity index (χ4n) is 2.31. The maximum absolute atomic E-state index is 11.9. The summed E-state index contributed by atoms with van der Waals surface area (Å²) in [7, 11) is 0. The number of carbonyl (C=O) groups is 1. The molecule has 0 bridgehead atoms. The highest BCUT2D eigenvalue weighted by Crippen LogP contribution is 2.68. The minimum absolute atomic E-state index is 0.0546. The number of nitrogens with one attached hydrogen (secondary N) is 1. The average molecular weight is 232 g/mol. The summed E-state index contributed by atoms with van der Waals surface area (Å²) >= 11 is 5.96. The first-order chi connectivity index (χ1) is 6.75. The molecule has 1 saturated carbocycles. The summed E-state index contributed by atoms with van der Waals surface area (Å²) in [5, 5.41) is 2.99. The third kappa shape index (κ3) is 2.15. The van der Waals surface area contributed by atoms with Crippen molar-refractivity contribution < 1.29 is 4.79 Å². The Morgan fingerprint density at radius 1 is 1.33 bits per heavy atom. The maximum atomic E-state index is 11.9. The lowest BCUT2D eigenvalue weighted by Gasteiger charge is -2.09. The molecule has 1 fully saturated rings. The van der Waals surface area contributed by atoms with Crippen LogP contribution in [0.1, 0.15) is 41.0 Å². The number of carbonyl (C=O) groups excluding carboxylic acids is 1. The van der Waals surface area contributed by atoms with Crippen molar-refractivity contribution in [1.29, 1.82) is 0 Å². The van der Waals surface area contributed by atoms with E-state index < -0.39 is 0 Å². The Kier molecular flexibility index (Phi) is 3.39. The van der Waals surface area contributed by atoms with Gasteiger partial charge in [-0.3, -0.25) is 4.79 Å². The lowest BCUT2D eigenvalue weighted by Crippen LogP contribution is -2.32. The fraction of sp³-hybridized carbons (Fsp3) is 0.917. The third-order valence-electron chi connectivity index (χ3n) is 4.22. The van der Waals surface area contributed by atoms with Gasteiger partial charge in [-0.05, 0) is 17.3 Å². The smallest absolute Gasteiger partial charge is 0.224 e. The van der Waals surface area contributed by atoms with Gasteiger partial charge in [-0.1, -0.05) is 34.6 Å². The third-order valence-corrected chi connectivity index (χ3v) is 4.69. The van der Waals surface area contributed by atoms with Crippen LogP contribution in [0.2, 0.25) is 0 Å². The second kappa shape index (κ2) is 3.97. The van der Waals surface area contributed by atoms with Gasteiger partial charge >= 0.3 is 0 Å². The van der Waals surface area contributed by atoms with E-state index in [9.17, 15) is 4.79 Å².